The second-order valence-corrected chi connectivity index (χ2v) is 4.02. The van der Waals surface area contributed by atoms with Gasteiger partial charge in [0.15, 0.2) is 0 Å². The van der Waals surface area contributed by atoms with Crippen LogP contribution in [-0.2, 0) is 9.59 Å². The van der Waals surface area contributed by atoms with Gasteiger partial charge in [0, 0.05) is 31.8 Å². The largest absolute Gasteiger partial charge is 0.354 e. The quantitative estimate of drug-likeness (QED) is 0.528. The predicted octanol–water partition coefficient (Wildman–Crippen LogP) is 0.575. The van der Waals surface area contributed by atoms with Gasteiger partial charge >= 0.3 is 0 Å². The van der Waals surface area contributed by atoms with Crippen LogP contribution in [0, 0.1) is 12.3 Å². The fraction of sp³-hybridized carbons (Fsp3) is 0.667. The zero-order valence-electron chi connectivity index (χ0n) is 9.42. The minimum atomic E-state index is 0.0539. The first kappa shape index (κ1) is 12.6. The Morgan fingerprint density at radius 1 is 1.56 bits per heavy atom. The Kier molecular flexibility index (Phi) is 5.41. The third-order valence-electron chi connectivity index (χ3n) is 2.61. The molecule has 0 aromatic heterocycles. The highest BCUT2D eigenvalue weighted by Crippen LogP contribution is 2.04. The zero-order valence-corrected chi connectivity index (χ0v) is 9.42. The molecule has 0 spiro atoms. The number of nitrogens with one attached hydrogen (secondary N) is 2. The SMILES string of the molecule is C#CCCCCC(=O)NC1CCC(=O)NC1. The van der Waals surface area contributed by atoms with E-state index in [-0.39, 0.29) is 17.9 Å². The molecule has 0 saturated carbocycles. The lowest BCUT2D eigenvalue weighted by molar-refractivity contribution is -0.125. The van der Waals surface area contributed by atoms with Crippen molar-refractivity contribution in [2.24, 2.45) is 0 Å². The van der Waals surface area contributed by atoms with Crippen LogP contribution in [0.25, 0.3) is 0 Å². The van der Waals surface area contributed by atoms with E-state index in [9.17, 15) is 9.59 Å². The molecule has 1 fully saturated rings. The van der Waals surface area contributed by atoms with Crippen molar-refractivity contribution >= 4 is 11.8 Å². The molecule has 1 unspecified atom stereocenters. The van der Waals surface area contributed by atoms with Crippen molar-refractivity contribution in [1.29, 1.82) is 0 Å². The molecule has 1 saturated heterocycles. The molecule has 0 aromatic rings. The minimum absolute atomic E-state index is 0.0539. The third kappa shape index (κ3) is 4.83. The van der Waals surface area contributed by atoms with Gasteiger partial charge in [0.05, 0.1) is 0 Å². The van der Waals surface area contributed by atoms with E-state index >= 15 is 0 Å². The fourth-order valence-corrected chi connectivity index (χ4v) is 1.67. The number of unbranched alkanes of at least 4 members (excludes halogenated alkanes) is 2. The zero-order chi connectivity index (χ0) is 11.8. The van der Waals surface area contributed by atoms with E-state index in [4.69, 9.17) is 6.42 Å². The molecule has 1 rings (SSSR count). The van der Waals surface area contributed by atoms with Crippen LogP contribution >= 0.6 is 0 Å². The van der Waals surface area contributed by atoms with Crippen molar-refractivity contribution in [2.75, 3.05) is 6.54 Å². The third-order valence-corrected chi connectivity index (χ3v) is 2.61. The number of terminal acetylenes is 1. The van der Waals surface area contributed by atoms with Gasteiger partial charge in [-0.05, 0) is 19.3 Å². The molecule has 0 aromatic carbocycles. The molecule has 1 atom stereocenters. The summed E-state index contributed by atoms with van der Waals surface area (Å²) in [5.41, 5.74) is 0. The highest BCUT2D eigenvalue weighted by Gasteiger charge is 2.18. The number of carbonyl (C=O) groups is 2. The summed E-state index contributed by atoms with van der Waals surface area (Å²) in [6.45, 7) is 0.551. The molecule has 4 nitrogen and oxygen atoms in total. The Bertz CT molecular complexity index is 284. The van der Waals surface area contributed by atoms with E-state index in [1.165, 1.54) is 0 Å². The number of hydrogen-bond acceptors (Lipinski definition) is 2. The Hall–Kier alpha value is -1.50. The number of amides is 2. The van der Waals surface area contributed by atoms with Crippen LogP contribution in [0.3, 0.4) is 0 Å². The maximum Gasteiger partial charge on any atom is 0.220 e. The van der Waals surface area contributed by atoms with E-state index in [1.807, 2.05) is 0 Å². The maximum absolute atomic E-state index is 11.5. The Morgan fingerprint density at radius 3 is 3.00 bits per heavy atom. The lowest BCUT2D eigenvalue weighted by Crippen LogP contribution is -2.47. The van der Waals surface area contributed by atoms with Crippen LogP contribution in [-0.4, -0.2) is 24.4 Å². The summed E-state index contributed by atoms with van der Waals surface area (Å²) < 4.78 is 0. The molecule has 0 bridgehead atoms. The van der Waals surface area contributed by atoms with Gasteiger partial charge in [-0.2, -0.15) is 0 Å². The summed E-state index contributed by atoms with van der Waals surface area (Å²) in [4.78, 5) is 22.4. The maximum atomic E-state index is 11.5. The van der Waals surface area contributed by atoms with E-state index in [2.05, 4.69) is 16.6 Å². The molecular formula is C12H18N2O2. The summed E-state index contributed by atoms with van der Waals surface area (Å²) in [7, 11) is 0. The summed E-state index contributed by atoms with van der Waals surface area (Å²) in [5.74, 6) is 2.67. The predicted molar refractivity (Wildman–Crippen MR) is 61.5 cm³/mol. The molecule has 2 N–H and O–H groups in total. The average Bonchev–Trinajstić information content (AvgIpc) is 2.28. The van der Waals surface area contributed by atoms with Crippen LogP contribution in [0.15, 0.2) is 0 Å². The molecular weight excluding hydrogens is 204 g/mol. The molecule has 0 aliphatic carbocycles. The van der Waals surface area contributed by atoms with Crippen LogP contribution in [0.5, 0.6) is 0 Å². The van der Waals surface area contributed by atoms with E-state index in [0.717, 1.165) is 25.7 Å². The second-order valence-electron chi connectivity index (χ2n) is 4.02. The summed E-state index contributed by atoms with van der Waals surface area (Å²) in [6, 6.07) is 0.0952. The topological polar surface area (TPSA) is 58.2 Å². The van der Waals surface area contributed by atoms with Gasteiger partial charge in [0.25, 0.3) is 0 Å². The van der Waals surface area contributed by atoms with Gasteiger partial charge in [0.2, 0.25) is 11.8 Å². The summed E-state index contributed by atoms with van der Waals surface area (Å²) in [6.07, 6.45) is 9.33. The molecule has 2 amide bonds. The van der Waals surface area contributed by atoms with Crippen LogP contribution in [0.4, 0.5) is 0 Å². The molecule has 1 aliphatic heterocycles. The normalized spacial score (nSPS) is 19.7. The molecule has 4 heteroatoms. The van der Waals surface area contributed by atoms with Gasteiger partial charge in [-0.1, -0.05) is 0 Å². The number of hydrogen-bond donors (Lipinski definition) is 2. The van der Waals surface area contributed by atoms with Gasteiger partial charge < -0.3 is 10.6 Å². The van der Waals surface area contributed by atoms with Crippen molar-refractivity contribution in [3.63, 3.8) is 0 Å². The number of rotatable bonds is 5. The fourth-order valence-electron chi connectivity index (χ4n) is 1.67. The van der Waals surface area contributed by atoms with Gasteiger partial charge in [-0.3, -0.25) is 9.59 Å². The minimum Gasteiger partial charge on any atom is -0.354 e. The first-order valence-corrected chi connectivity index (χ1v) is 5.72. The van der Waals surface area contributed by atoms with E-state index in [0.29, 0.717) is 19.4 Å². The molecule has 0 radical (unpaired) electrons. The van der Waals surface area contributed by atoms with Crippen molar-refractivity contribution in [1.82, 2.24) is 10.6 Å². The highest BCUT2D eigenvalue weighted by atomic mass is 16.2. The van der Waals surface area contributed by atoms with Gasteiger partial charge in [-0.15, -0.1) is 12.3 Å². The van der Waals surface area contributed by atoms with Gasteiger partial charge in [0.1, 0.15) is 0 Å². The van der Waals surface area contributed by atoms with Crippen LogP contribution < -0.4 is 10.6 Å². The molecule has 16 heavy (non-hydrogen) atoms. The second kappa shape index (κ2) is 6.89. The molecule has 1 aliphatic rings. The highest BCUT2D eigenvalue weighted by molar-refractivity contribution is 5.78. The van der Waals surface area contributed by atoms with Crippen LogP contribution in [0.2, 0.25) is 0 Å². The first-order valence-electron chi connectivity index (χ1n) is 5.72. The first-order chi connectivity index (χ1) is 7.72. The summed E-state index contributed by atoms with van der Waals surface area (Å²) in [5, 5.41) is 5.64. The lowest BCUT2D eigenvalue weighted by atomic mass is 10.1. The van der Waals surface area contributed by atoms with Gasteiger partial charge in [-0.25, -0.2) is 0 Å². The standard InChI is InChI=1S/C12H18N2O2/c1-2-3-4-5-6-12(16)14-10-7-8-11(15)13-9-10/h1,10H,3-9H2,(H,13,15)(H,14,16). The van der Waals surface area contributed by atoms with Crippen molar-refractivity contribution in [2.45, 2.75) is 44.6 Å². The monoisotopic (exact) mass is 222 g/mol. The van der Waals surface area contributed by atoms with Crippen LogP contribution in [0.1, 0.15) is 38.5 Å². The molecule has 88 valence electrons. The number of carbonyl (C=O) groups excluding carboxylic acids is 2. The average molecular weight is 222 g/mol. The lowest BCUT2D eigenvalue weighted by Gasteiger charge is -2.23. The van der Waals surface area contributed by atoms with Crippen molar-refractivity contribution in [3.8, 4) is 12.3 Å². The Labute approximate surface area is 96.2 Å². The summed E-state index contributed by atoms with van der Waals surface area (Å²) >= 11 is 0. The Morgan fingerprint density at radius 2 is 2.38 bits per heavy atom. The Balaban J connectivity index is 2.10. The van der Waals surface area contributed by atoms with E-state index in [1.54, 1.807) is 0 Å². The smallest absolute Gasteiger partial charge is 0.220 e. The molecule has 1 heterocycles. The van der Waals surface area contributed by atoms with Crippen molar-refractivity contribution in [3.05, 3.63) is 0 Å². The number of piperidine rings is 1. The van der Waals surface area contributed by atoms with Crippen molar-refractivity contribution < 1.29 is 9.59 Å². The van der Waals surface area contributed by atoms with E-state index < -0.39 is 0 Å².